The molecule has 1 atom stereocenters. The third kappa shape index (κ3) is 4.44. The van der Waals surface area contributed by atoms with Crippen molar-refractivity contribution in [3.63, 3.8) is 0 Å². The molecule has 4 nitrogen and oxygen atoms in total. The van der Waals surface area contributed by atoms with Crippen LogP contribution in [-0.4, -0.2) is 17.1 Å². The summed E-state index contributed by atoms with van der Waals surface area (Å²) in [4.78, 5) is 25.1. The van der Waals surface area contributed by atoms with Crippen LogP contribution in [0.2, 0.25) is 0 Å². The number of anilines is 2. The lowest BCUT2D eigenvalue weighted by atomic mass is 10.1. The molecule has 2 aromatic carbocycles. The van der Waals surface area contributed by atoms with Crippen LogP contribution in [0.25, 0.3) is 0 Å². The molecule has 0 saturated carbocycles. The fourth-order valence-corrected chi connectivity index (χ4v) is 3.79. The second kappa shape index (κ2) is 7.26. The van der Waals surface area contributed by atoms with Gasteiger partial charge in [-0.1, -0.05) is 12.1 Å². The van der Waals surface area contributed by atoms with E-state index >= 15 is 0 Å². The van der Waals surface area contributed by atoms with E-state index in [2.05, 4.69) is 10.6 Å². The molecule has 142 valence electrons. The molecule has 2 aromatic rings. The number of rotatable bonds is 3. The van der Waals surface area contributed by atoms with Gasteiger partial charge in [-0.15, -0.1) is 11.8 Å². The third-order valence-corrected chi connectivity index (χ3v) is 5.44. The maximum Gasteiger partial charge on any atom is 0.416 e. The van der Waals surface area contributed by atoms with E-state index in [1.54, 1.807) is 0 Å². The molecule has 1 aliphatic heterocycles. The summed E-state index contributed by atoms with van der Waals surface area (Å²) >= 11 is 1.09. The highest BCUT2D eigenvalue weighted by Crippen LogP contribution is 2.40. The van der Waals surface area contributed by atoms with Crippen molar-refractivity contribution in [3.05, 3.63) is 53.1 Å². The lowest BCUT2D eigenvalue weighted by Gasteiger charge is -2.24. The molecule has 0 fully saturated rings. The standard InChI is InChI=1S/C19H17F3N2O2S/c1-10-3-4-11(2)13(7-10)23-17(25)9-16-18(26)24-14-8-12(19(20,21)22)5-6-15(14)27-16/h3-8,16H,9H2,1-2H3,(H,23,25)(H,24,26)/t16-/m0/s1. The van der Waals surface area contributed by atoms with Gasteiger partial charge in [0.25, 0.3) is 0 Å². The molecule has 8 heteroatoms. The molecule has 27 heavy (non-hydrogen) atoms. The number of fused-ring (bicyclic) bond motifs is 1. The Kier molecular flexibility index (Phi) is 5.19. The maximum atomic E-state index is 12.8. The molecule has 1 aliphatic rings. The Balaban J connectivity index is 1.71. The average Bonchev–Trinajstić information content (AvgIpc) is 2.57. The number of alkyl halides is 3. The number of hydrogen-bond donors (Lipinski definition) is 2. The number of carbonyl (C=O) groups is 2. The lowest BCUT2D eigenvalue weighted by Crippen LogP contribution is -2.32. The summed E-state index contributed by atoms with van der Waals surface area (Å²) in [5.41, 5.74) is 1.87. The maximum absolute atomic E-state index is 12.8. The molecule has 2 N–H and O–H groups in total. The highest BCUT2D eigenvalue weighted by atomic mass is 32.2. The van der Waals surface area contributed by atoms with Gasteiger partial charge in [-0.25, -0.2) is 0 Å². The summed E-state index contributed by atoms with van der Waals surface area (Å²) in [5, 5.41) is 4.55. The molecule has 0 radical (unpaired) electrons. The van der Waals surface area contributed by atoms with E-state index in [1.165, 1.54) is 6.07 Å². The number of hydrogen-bond acceptors (Lipinski definition) is 3. The monoisotopic (exact) mass is 394 g/mol. The number of nitrogens with one attached hydrogen (secondary N) is 2. The van der Waals surface area contributed by atoms with Gasteiger partial charge in [0, 0.05) is 17.0 Å². The topological polar surface area (TPSA) is 58.2 Å². The molecule has 0 saturated heterocycles. The molecule has 0 aromatic heterocycles. The number of halogens is 3. The van der Waals surface area contributed by atoms with Crippen molar-refractivity contribution in [1.29, 1.82) is 0 Å². The smallest absolute Gasteiger partial charge is 0.326 e. The fourth-order valence-electron chi connectivity index (χ4n) is 2.70. The average molecular weight is 394 g/mol. The van der Waals surface area contributed by atoms with E-state index in [-0.39, 0.29) is 18.0 Å². The highest BCUT2D eigenvalue weighted by molar-refractivity contribution is 8.01. The van der Waals surface area contributed by atoms with Crippen molar-refractivity contribution in [2.24, 2.45) is 0 Å². The van der Waals surface area contributed by atoms with Gasteiger partial charge in [0.1, 0.15) is 0 Å². The van der Waals surface area contributed by atoms with Crippen molar-refractivity contribution in [2.45, 2.75) is 36.6 Å². The highest BCUT2D eigenvalue weighted by Gasteiger charge is 2.34. The van der Waals surface area contributed by atoms with Crippen molar-refractivity contribution in [2.75, 3.05) is 10.6 Å². The first-order valence-corrected chi connectivity index (χ1v) is 9.07. The first kappa shape index (κ1) is 19.3. The number of aryl methyl sites for hydroxylation is 2. The molecular formula is C19H17F3N2O2S. The minimum Gasteiger partial charge on any atom is -0.326 e. The minimum atomic E-state index is -4.48. The van der Waals surface area contributed by atoms with Crippen LogP contribution in [-0.2, 0) is 15.8 Å². The molecule has 3 rings (SSSR count). The predicted molar refractivity (Wildman–Crippen MR) is 98.9 cm³/mol. The summed E-state index contributed by atoms with van der Waals surface area (Å²) in [6.45, 7) is 3.78. The van der Waals surface area contributed by atoms with Gasteiger partial charge in [0.15, 0.2) is 0 Å². The van der Waals surface area contributed by atoms with Crippen molar-refractivity contribution in [1.82, 2.24) is 0 Å². The number of thioether (sulfide) groups is 1. The molecule has 1 heterocycles. The van der Waals surface area contributed by atoms with Crippen LogP contribution in [0, 0.1) is 13.8 Å². The van der Waals surface area contributed by atoms with Crippen LogP contribution in [0.5, 0.6) is 0 Å². The minimum absolute atomic E-state index is 0.0790. The van der Waals surface area contributed by atoms with Gasteiger partial charge < -0.3 is 10.6 Å². The molecule has 0 aliphatic carbocycles. The zero-order chi connectivity index (χ0) is 19.8. The van der Waals surface area contributed by atoms with Gasteiger partial charge in [-0.2, -0.15) is 13.2 Å². The second-order valence-corrected chi connectivity index (χ2v) is 7.62. The van der Waals surface area contributed by atoms with Gasteiger partial charge in [0.05, 0.1) is 16.5 Å². The number of carbonyl (C=O) groups excluding carboxylic acids is 2. The van der Waals surface area contributed by atoms with E-state index < -0.39 is 22.9 Å². The van der Waals surface area contributed by atoms with Crippen molar-refractivity contribution >= 4 is 35.0 Å². The van der Waals surface area contributed by atoms with Crippen LogP contribution in [0.3, 0.4) is 0 Å². The molecule has 0 bridgehead atoms. The summed E-state index contributed by atoms with van der Waals surface area (Å²) in [6.07, 6.45) is -4.56. The Hall–Kier alpha value is -2.48. The van der Waals surface area contributed by atoms with E-state index in [0.717, 1.165) is 35.0 Å². The second-order valence-electron chi connectivity index (χ2n) is 6.38. The quantitative estimate of drug-likeness (QED) is 0.789. The summed E-state index contributed by atoms with van der Waals surface area (Å²) in [6, 6.07) is 8.86. The Bertz CT molecular complexity index is 912. The Morgan fingerprint density at radius 1 is 1.19 bits per heavy atom. The largest absolute Gasteiger partial charge is 0.416 e. The number of benzene rings is 2. The van der Waals surface area contributed by atoms with Gasteiger partial charge in [-0.05, 0) is 49.2 Å². The normalized spacial score (nSPS) is 16.5. The van der Waals surface area contributed by atoms with Crippen LogP contribution in [0.4, 0.5) is 24.5 Å². The van der Waals surface area contributed by atoms with E-state index in [0.29, 0.717) is 10.6 Å². The van der Waals surface area contributed by atoms with E-state index in [4.69, 9.17) is 0 Å². The zero-order valence-corrected chi connectivity index (χ0v) is 15.4. The molecular weight excluding hydrogens is 377 g/mol. The first-order chi connectivity index (χ1) is 12.6. The first-order valence-electron chi connectivity index (χ1n) is 8.19. The fraction of sp³-hybridized carbons (Fsp3) is 0.263. The van der Waals surface area contributed by atoms with Gasteiger partial charge >= 0.3 is 6.18 Å². The predicted octanol–water partition coefficient (Wildman–Crippen LogP) is 4.76. The van der Waals surface area contributed by atoms with Crippen LogP contribution >= 0.6 is 11.8 Å². The van der Waals surface area contributed by atoms with E-state index in [1.807, 2.05) is 32.0 Å². The Morgan fingerprint density at radius 2 is 1.93 bits per heavy atom. The van der Waals surface area contributed by atoms with Crippen LogP contribution in [0.1, 0.15) is 23.1 Å². The Morgan fingerprint density at radius 3 is 2.63 bits per heavy atom. The van der Waals surface area contributed by atoms with Gasteiger partial charge in [0.2, 0.25) is 11.8 Å². The molecule has 0 spiro atoms. The summed E-state index contributed by atoms with van der Waals surface area (Å²) < 4.78 is 38.4. The van der Waals surface area contributed by atoms with Gasteiger partial charge in [-0.3, -0.25) is 9.59 Å². The SMILES string of the molecule is Cc1ccc(C)c(NC(=O)C[C@@H]2Sc3ccc(C(F)(F)F)cc3NC2=O)c1. The molecule has 2 amide bonds. The van der Waals surface area contributed by atoms with Crippen LogP contribution < -0.4 is 10.6 Å². The van der Waals surface area contributed by atoms with E-state index in [9.17, 15) is 22.8 Å². The third-order valence-electron chi connectivity index (χ3n) is 4.16. The summed E-state index contributed by atoms with van der Waals surface area (Å²) in [7, 11) is 0. The summed E-state index contributed by atoms with van der Waals surface area (Å²) in [5.74, 6) is -0.811. The van der Waals surface area contributed by atoms with Crippen LogP contribution in [0.15, 0.2) is 41.3 Å². The number of amides is 2. The van der Waals surface area contributed by atoms with Crippen molar-refractivity contribution in [3.8, 4) is 0 Å². The zero-order valence-electron chi connectivity index (χ0n) is 14.6. The lowest BCUT2D eigenvalue weighted by molar-refractivity contribution is -0.137. The Labute approximate surface area is 158 Å². The van der Waals surface area contributed by atoms with Crippen molar-refractivity contribution < 1.29 is 22.8 Å². The molecule has 0 unspecified atom stereocenters.